The minimum Gasteiger partial charge on any atom is -0.392 e. The van der Waals surface area contributed by atoms with Crippen molar-refractivity contribution in [2.24, 2.45) is 0 Å². The van der Waals surface area contributed by atoms with Crippen LogP contribution in [0.4, 0.5) is 4.39 Å². The average molecular weight is 271 g/mol. The molecule has 2 rings (SSSR count). The molecule has 88 valence electrons. The highest BCUT2D eigenvalue weighted by Gasteiger charge is 2.12. The van der Waals surface area contributed by atoms with Gasteiger partial charge in [-0.2, -0.15) is 0 Å². The summed E-state index contributed by atoms with van der Waals surface area (Å²) in [6.07, 6.45) is 0. The van der Waals surface area contributed by atoms with E-state index in [0.29, 0.717) is 21.2 Å². The SMILES string of the molecule is OCc1cccc(-c2ccc(Cl)cc2Cl)c1F. The van der Waals surface area contributed by atoms with Gasteiger partial charge in [-0.1, -0.05) is 47.5 Å². The summed E-state index contributed by atoms with van der Waals surface area (Å²) >= 11 is 11.8. The summed E-state index contributed by atoms with van der Waals surface area (Å²) in [5.74, 6) is -0.459. The second-order valence-electron chi connectivity index (χ2n) is 3.56. The van der Waals surface area contributed by atoms with Gasteiger partial charge < -0.3 is 5.11 Å². The first kappa shape index (κ1) is 12.4. The van der Waals surface area contributed by atoms with Crippen LogP contribution in [0.2, 0.25) is 10.0 Å². The number of hydrogen-bond donors (Lipinski definition) is 1. The van der Waals surface area contributed by atoms with Crippen LogP contribution in [0.3, 0.4) is 0 Å². The van der Waals surface area contributed by atoms with E-state index in [1.54, 1.807) is 30.3 Å². The van der Waals surface area contributed by atoms with Gasteiger partial charge >= 0.3 is 0 Å². The molecule has 0 heterocycles. The number of hydrogen-bond acceptors (Lipinski definition) is 1. The Morgan fingerprint density at radius 1 is 1.06 bits per heavy atom. The zero-order valence-corrected chi connectivity index (χ0v) is 10.3. The first-order valence-electron chi connectivity index (χ1n) is 4.97. The van der Waals surface area contributed by atoms with E-state index in [2.05, 4.69) is 0 Å². The average Bonchev–Trinajstić information content (AvgIpc) is 2.30. The van der Waals surface area contributed by atoms with Crippen molar-refractivity contribution in [1.82, 2.24) is 0 Å². The minimum absolute atomic E-state index is 0.244. The lowest BCUT2D eigenvalue weighted by Gasteiger charge is -2.08. The van der Waals surface area contributed by atoms with Gasteiger partial charge in [-0.15, -0.1) is 0 Å². The summed E-state index contributed by atoms with van der Waals surface area (Å²) in [6, 6.07) is 9.68. The van der Waals surface area contributed by atoms with Crippen LogP contribution in [-0.2, 0) is 6.61 Å². The Kier molecular flexibility index (Phi) is 3.67. The summed E-state index contributed by atoms with van der Waals surface area (Å²) in [5, 5.41) is 9.89. The molecule has 0 spiro atoms. The van der Waals surface area contributed by atoms with Crippen LogP contribution in [0.1, 0.15) is 5.56 Å². The molecule has 4 heteroatoms. The third kappa shape index (κ3) is 2.44. The van der Waals surface area contributed by atoms with E-state index in [-0.39, 0.29) is 12.2 Å². The van der Waals surface area contributed by atoms with Crippen molar-refractivity contribution in [3.05, 3.63) is 57.8 Å². The molecule has 0 saturated carbocycles. The predicted octanol–water partition coefficient (Wildman–Crippen LogP) is 4.29. The molecule has 0 bridgehead atoms. The molecule has 0 amide bonds. The molecule has 0 radical (unpaired) electrons. The fourth-order valence-corrected chi connectivity index (χ4v) is 2.13. The summed E-state index contributed by atoms with van der Waals surface area (Å²) in [7, 11) is 0. The molecule has 1 N–H and O–H groups in total. The molecule has 0 fully saturated rings. The van der Waals surface area contributed by atoms with Gasteiger partial charge in [-0.25, -0.2) is 4.39 Å². The molecule has 0 aliphatic carbocycles. The highest BCUT2D eigenvalue weighted by Crippen LogP contribution is 2.32. The van der Waals surface area contributed by atoms with Crippen molar-refractivity contribution in [3.63, 3.8) is 0 Å². The lowest BCUT2D eigenvalue weighted by atomic mass is 10.0. The number of halogens is 3. The fourth-order valence-electron chi connectivity index (χ4n) is 1.62. The third-order valence-electron chi connectivity index (χ3n) is 2.47. The van der Waals surface area contributed by atoms with Crippen molar-refractivity contribution < 1.29 is 9.50 Å². The molecule has 0 unspecified atom stereocenters. The molecule has 0 saturated heterocycles. The highest BCUT2D eigenvalue weighted by atomic mass is 35.5. The zero-order valence-electron chi connectivity index (χ0n) is 8.75. The topological polar surface area (TPSA) is 20.2 Å². The summed E-state index contributed by atoms with van der Waals surface area (Å²) in [4.78, 5) is 0. The van der Waals surface area contributed by atoms with Crippen LogP contribution >= 0.6 is 23.2 Å². The molecule has 0 aliphatic heterocycles. The second kappa shape index (κ2) is 5.05. The quantitative estimate of drug-likeness (QED) is 0.863. The number of rotatable bonds is 2. The Hall–Kier alpha value is -1.09. The molecule has 2 aromatic rings. The van der Waals surface area contributed by atoms with E-state index in [4.69, 9.17) is 28.3 Å². The van der Waals surface area contributed by atoms with Crippen LogP contribution in [0.5, 0.6) is 0 Å². The van der Waals surface area contributed by atoms with Crippen molar-refractivity contribution in [2.45, 2.75) is 6.61 Å². The van der Waals surface area contributed by atoms with E-state index in [1.807, 2.05) is 0 Å². The van der Waals surface area contributed by atoms with E-state index >= 15 is 0 Å². The Bertz CT molecular complexity index is 555. The molecule has 0 atom stereocenters. The van der Waals surface area contributed by atoms with Gasteiger partial charge in [0.1, 0.15) is 5.82 Å². The van der Waals surface area contributed by atoms with Crippen LogP contribution < -0.4 is 0 Å². The Morgan fingerprint density at radius 2 is 1.82 bits per heavy atom. The highest BCUT2D eigenvalue weighted by molar-refractivity contribution is 6.36. The molecule has 1 nitrogen and oxygen atoms in total. The van der Waals surface area contributed by atoms with Gasteiger partial charge in [-0.05, 0) is 12.1 Å². The molecule has 0 aliphatic rings. The van der Waals surface area contributed by atoms with Crippen LogP contribution in [-0.4, -0.2) is 5.11 Å². The lowest BCUT2D eigenvalue weighted by molar-refractivity contribution is 0.276. The minimum atomic E-state index is -0.459. The molecule has 2 aromatic carbocycles. The van der Waals surface area contributed by atoms with Crippen molar-refractivity contribution in [2.75, 3.05) is 0 Å². The van der Waals surface area contributed by atoms with Gasteiger partial charge in [0.2, 0.25) is 0 Å². The molecule has 17 heavy (non-hydrogen) atoms. The van der Waals surface area contributed by atoms with Crippen molar-refractivity contribution in [1.29, 1.82) is 0 Å². The molecule has 0 aromatic heterocycles. The lowest BCUT2D eigenvalue weighted by Crippen LogP contribution is -1.93. The molecular weight excluding hydrogens is 262 g/mol. The van der Waals surface area contributed by atoms with Crippen LogP contribution in [0.15, 0.2) is 36.4 Å². The van der Waals surface area contributed by atoms with Gasteiger partial charge in [-0.3, -0.25) is 0 Å². The number of aliphatic hydroxyl groups excluding tert-OH is 1. The van der Waals surface area contributed by atoms with Gasteiger partial charge in [0, 0.05) is 26.7 Å². The predicted molar refractivity (Wildman–Crippen MR) is 67.8 cm³/mol. The monoisotopic (exact) mass is 270 g/mol. The van der Waals surface area contributed by atoms with Gasteiger partial charge in [0.25, 0.3) is 0 Å². The van der Waals surface area contributed by atoms with Crippen molar-refractivity contribution >= 4 is 23.2 Å². The summed E-state index contributed by atoms with van der Waals surface area (Å²) < 4.78 is 14.0. The first-order chi connectivity index (χ1) is 8.13. The van der Waals surface area contributed by atoms with E-state index in [0.717, 1.165) is 0 Å². The van der Waals surface area contributed by atoms with Crippen LogP contribution in [0, 0.1) is 5.82 Å². The third-order valence-corrected chi connectivity index (χ3v) is 3.02. The first-order valence-corrected chi connectivity index (χ1v) is 5.72. The largest absolute Gasteiger partial charge is 0.392 e. The zero-order chi connectivity index (χ0) is 12.4. The standard InChI is InChI=1S/C13H9Cl2FO/c14-9-4-5-10(12(15)6-9)11-3-1-2-8(7-17)13(11)16/h1-6,17H,7H2. The maximum atomic E-state index is 14.0. The summed E-state index contributed by atoms with van der Waals surface area (Å²) in [6.45, 7) is -0.342. The van der Waals surface area contributed by atoms with E-state index < -0.39 is 5.82 Å². The van der Waals surface area contributed by atoms with Crippen molar-refractivity contribution in [3.8, 4) is 11.1 Å². The Morgan fingerprint density at radius 3 is 2.47 bits per heavy atom. The number of aliphatic hydroxyl groups is 1. The fraction of sp³-hybridized carbons (Fsp3) is 0.0769. The maximum absolute atomic E-state index is 14.0. The van der Waals surface area contributed by atoms with E-state index in [9.17, 15) is 4.39 Å². The molecular formula is C13H9Cl2FO. The Balaban J connectivity index is 2.60. The van der Waals surface area contributed by atoms with Gasteiger partial charge in [0.15, 0.2) is 0 Å². The maximum Gasteiger partial charge on any atom is 0.136 e. The smallest absolute Gasteiger partial charge is 0.136 e. The normalized spacial score (nSPS) is 10.6. The number of benzene rings is 2. The van der Waals surface area contributed by atoms with E-state index in [1.165, 1.54) is 6.07 Å². The second-order valence-corrected chi connectivity index (χ2v) is 4.40. The summed E-state index contributed by atoms with van der Waals surface area (Å²) in [5.41, 5.74) is 1.16. The van der Waals surface area contributed by atoms with Gasteiger partial charge in [0.05, 0.1) is 6.61 Å². The van der Waals surface area contributed by atoms with Crippen LogP contribution in [0.25, 0.3) is 11.1 Å². The Labute approximate surface area is 108 Å².